The number of anilines is 1. The summed E-state index contributed by atoms with van der Waals surface area (Å²) >= 11 is 0. The van der Waals surface area contributed by atoms with Gasteiger partial charge in [0.15, 0.2) is 0 Å². The summed E-state index contributed by atoms with van der Waals surface area (Å²) < 4.78 is 0. The van der Waals surface area contributed by atoms with Gasteiger partial charge in [-0.2, -0.15) is 0 Å². The first kappa shape index (κ1) is 11.4. The van der Waals surface area contributed by atoms with Crippen LogP contribution in [0.4, 0.5) is 5.82 Å². The summed E-state index contributed by atoms with van der Waals surface area (Å²) in [4.78, 5) is 9.40. The van der Waals surface area contributed by atoms with Crippen molar-refractivity contribution < 1.29 is 0 Å². The number of nitrogens with zero attached hydrogens (tertiary/aromatic N) is 2. The summed E-state index contributed by atoms with van der Waals surface area (Å²) in [6.45, 7) is 9.54. The molecule has 3 heteroatoms. The summed E-state index contributed by atoms with van der Waals surface area (Å²) in [7, 11) is 0. The Balaban J connectivity index is 2.44. The van der Waals surface area contributed by atoms with E-state index in [4.69, 9.17) is 4.98 Å². The quantitative estimate of drug-likeness (QED) is 0.846. The van der Waals surface area contributed by atoms with Crippen molar-refractivity contribution in [3.8, 4) is 0 Å². The lowest BCUT2D eigenvalue weighted by Crippen LogP contribution is -2.14. The van der Waals surface area contributed by atoms with Crippen LogP contribution in [0.15, 0.2) is 0 Å². The second-order valence-electron chi connectivity index (χ2n) is 4.91. The molecule has 2 rings (SSSR count). The average Bonchev–Trinajstić information content (AvgIpc) is 3.01. The van der Waals surface area contributed by atoms with Crippen molar-refractivity contribution in [1.29, 1.82) is 0 Å². The van der Waals surface area contributed by atoms with Crippen molar-refractivity contribution in [2.75, 3.05) is 11.9 Å². The monoisotopic (exact) mass is 219 g/mol. The van der Waals surface area contributed by atoms with Gasteiger partial charge in [0.1, 0.15) is 11.6 Å². The van der Waals surface area contributed by atoms with Gasteiger partial charge in [-0.3, -0.25) is 0 Å². The maximum Gasteiger partial charge on any atom is 0.136 e. The van der Waals surface area contributed by atoms with E-state index in [1.54, 1.807) is 0 Å². The summed E-state index contributed by atoms with van der Waals surface area (Å²) in [6, 6.07) is 0. The summed E-state index contributed by atoms with van der Waals surface area (Å²) in [5.74, 6) is 2.06. The van der Waals surface area contributed by atoms with Crippen LogP contribution in [0.2, 0.25) is 0 Å². The van der Waals surface area contributed by atoms with Crippen LogP contribution in [0, 0.1) is 6.92 Å². The first-order valence-corrected chi connectivity index (χ1v) is 6.22. The largest absolute Gasteiger partial charge is 0.370 e. The molecule has 1 N–H and O–H groups in total. The molecule has 0 aliphatic heterocycles. The van der Waals surface area contributed by atoms with E-state index in [0.29, 0.717) is 0 Å². The van der Waals surface area contributed by atoms with E-state index >= 15 is 0 Å². The third-order valence-electron chi connectivity index (χ3n) is 3.47. The van der Waals surface area contributed by atoms with Crippen LogP contribution in [0.3, 0.4) is 0 Å². The number of aryl methyl sites for hydroxylation is 1. The maximum absolute atomic E-state index is 4.72. The van der Waals surface area contributed by atoms with Gasteiger partial charge in [0, 0.05) is 23.2 Å². The molecule has 0 unspecified atom stereocenters. The standard InChI is InChI=1S/C13H21N3/c1-5-10-9(3)11(14-6-2)16-12(15-10)13(4)7-8-13/h5-8H2,1-4H3,(H,14,15,16). The van der Waals surface area contributed by atoms with Crippen LogP contribution in [-0.2, 0) is 11.8 Å². The SMILES string of the molecule is CCNc1nc(C2(C)CC2)nc(CC)c1C. The summed E-state index contributed by atoms with van der Waals surface area (Å²) in [6.07, 6.45) is 3.44. The van der Waals surface area contributed by atoms with Crippen molar-refractivity contribution in [3.63, 3.8) is 0 Å². The summed E-state index contributed by atoms with van der Waals surface area (Å²) in [5.41, 5.74) is 2.65. The van der Waals surface area contributed by atoms with Gasteiger partial charge in [0.05, 0.1) is 0 Å². The van der Waals surface area contributed by atoms with E-state index in [9.17, 15) is 0 Å². The number of nitrogens with one attached hydrogen (secondary N) is 1. The molecule has 1 aromatic rings. The van der Waals surface area contributed by atoms with Gasteiger partial charge < -0.3 is 5.32 Å². The van der Waals surface area contributed by atoms with Gasteiger partial charge in [-0.1, -0.05) is 13.8 Å². The zero-order valence-corrected chi connectivity index (χ0v) is 10.7. The number of rotatable bonds is 4. The second-order valence-corrected chi connectivity index (χ2v) is 4.91. The molecule has 0 aromatic carbocycles. The lowest BCUT2D eigenvalue weighted by atomic mass is 10.1. The van der Waals surface area contributed by atoms with Gasteiger partial charge in [-0.15, -0.1) is 0 Å². The normalized spacial score (nSPS) is 17.2. The van der Waals surface area contributed by atoms with Crippen LogP contribution in [-0.4, -0.2) is 16.5 Å². The van der Waals surface area contributed by atoms with E-state index in [0.717, 1.165) is 24.6 Å². The van der Waals surface area contributed by atoms with E-state index in [1.807, 2.05) is 0 Å². The highest BCUT2D eigenvalue weighted by Gasteiger charge is 2.42. The Labute approximate surface area is 97.7 Å². The summed E-state index contributed by atoms with van der Waals surface area (Å²) in [5, 5.41) is 3.34. The zero-order chi connectivity index (χ0) is 11.8. The first-order valence-electron chi connectivity index (χ1n) is 6.22. The van der Waals surface area contributed by atoms with E-state index in [2.05, 4.69) is 38.0 Å². The molecule has 1 heterocycles. The van der Waals surface area contributed by atoms with Crippen LogP contribution in [0.5, 0.6) is 0 Å². The first-order chi connectivity index (χ1) is 7.60. The second kappa shape index (κ2) is 4.04. The third kappa shape index (κ3) is 1.91. The molecule has 0 radical (unpaired) electrons. The number of hydrogen-bond acceptors (Lipinski definition) is 3. The molecule has 0 atom stereocenters. The maximum atomic E-state index is 4.72. The fraction of sp³-hybridized carbons (Fsp3) is 0.692. The highest BCUT2D eigenvalue weighted by molar-refractivity contribution is 5.46. The topological polar surface area (TPSA) is 37.8 Å². The number of hydrogen-bond donors (Lipinski definition) is 1. The van der Waals surface area contributed by atoms with Crippen LogP contribution in [0.25, 0.3) is 0 Å². The Morgan fingerprint density at radius 2 is 1.94 bits per heavy atom. The van der Waals surface area contributed by atoms with Gasteiger partial charge in [0.2, 0.25) is 0 Å². The van der Waals surface area contributed by atoms with Crippen molar-refractivity contribution >= 4 is 5.82 Å². The Morgan fingerprint density at radius 3 is 2.44 bits per heavy atom. The van der Waals surface area contributed by atoms with Crippen LogP contribution < -0.4 is 5.32 Å². The lowest BCUT2D eigenvalue weighted by molar-refractivity contribution is 0.696. The minimum atomic E-state index is 0.252. The van der Waals surface area contributed by atoms with Crippen LogP contribution in [0.1, 0.15) is 50.7 Å². The fourth-order valence-electron chi connectivity index (χ4n) is 1.93. The molecule has 3 nitrogen and oxygen atoms in total. The van der Waals surface area contributed by atoms with Gasteiger partial charge in [0.25, 0.3) is 0 Å². The van der Waals surface area contributed by atoms with Crippen molar-refractivity contribution in [2.24, 2.45) is 0 Å². The molecule has 1 fully saturated rings. The molecule has 1 aromatic heterocycles. The Kier molecular flexibility index (Phi) is 2.87. The third-order valence-corrected chi connectivity index (χ3v) is 3.47. The highest BCUT2D eigenvalue weighted by atomic mass is 15.0. The van der Waals surface area contributed by atoms with E-state index in [1.165, 1.54) is 24.1 Å². The molecule has 16 heavy (non-hydrogen) atoms. The molecule has 88 valence electrons. The molecule has 0 saturated heterocycles. The van der Waals surface area contributed by atoms with Crippen molar-refractivity contribution in [1.82, 2.24) is 9.97 Å². The molecule has 0 amide bonds. The van der Waals surface area contributed by atoms with Crippen molar-refractivity contribution in [2.45, 2.75) is 52.4 Å². The molecular formula is C13H21N3. The Hall–Kier alpha value is -1.12. The molecule has 1 aliphatic rings. The molecule has 0 spiro atoms. The molecule has 0 bridgehead atoms. The Morgan fingerprint density at radius 1 is 1.25 bits per heavy atom. The lowest BCUT2D eigenvalue weighted by Gasteiger charge is -2.15. The molecule has 1 saturated carbocycles. The number of aromatic nitrogens is 2. The van der Waals surface area contributed by atoms with Gasteiger partial charge >= 0.3 is 0 Å². The fourth-order valence-corrected chi connectivity index (χ4v) is 1.93. The minimum absolute atomic E-state index is 0.252. The Bertz CT molecular complexity index is 394. The predicted octanol–water partition coefficient (Wildman–Crippen LogP) is 2.83. The van der Waals surface area contributed by atoms with Gasteiger partial charge in [-0.25, -0.2) is 9.97 Å². The molecule has 1 aliphatic carbocycles. The average molecular weight is 219 g/mol. The molecular weight excluding hydrogens is 198 g/mol. The van der Waals surface area contributed by atoms with Gasteiger partial charge in [-0.05, 0) is 33.1 Å². The van der Waals surface area contributed by atoms with E-state index < -0.39 is 0 Å². The minimum Gasteiger partial charge on any atom is -0.370 e. The van der Waals surface area contributed by atoms with Crippen molar-refractivity contribution in [3.05, 3.63) is 17.1 Å². The smallest absolute Gasteiger partial charge is 0.136 e. The van der Waals surface area contributed by atoms with Crippen LogP contribution >= 0.6 is 0 Å². The van der Waals surface area contributed by atoms with E-state index in [-0.39, 0.29) is 5.41 Å². The highest BCUT2D eigenvalue weighted by Crippen LogP contribution is 2.46. The predicted molar refractivity (Wildman–Crippen MR) is 66.9 cm³/mol. The zero-order valence-electron chi connectivity index (χ0n) is 10.7.